The van der Waals surface area contributed by atoms with Crippen molar-refractivity contribution in [1.29, 1.82) is 0 Å². The van der Waals surface area contributed by atoms with Crippen LogP contribution in [0.4, 0.5) is 8.78 Å². The molecule has 0 amide bonds. The summed E-state index contributed by atoms with van der Waals surface area (Å²) in [6.45, 7) is 5.43. The normalized spacial score (nSPS) is 13.3. The molecule has 1 aromatic carbocycles. The van der Waals surface area contributed by atoms with Gasteiger partial charge in [0.2, 0.25) is 0 Å². The molecule has 24 heavy (non-hydrogen) atoms. The molecular weight excluding hydrogens is 318 g/mol. The van der Waals surface area contributed by atoms with Gasteiger partial charge < -0.3 is 4.74 Å². The predicted molar refractivity (Wildman–Crippen MR) is 90.4 cm³/mol. The molecule has 6 nitrogen and oxygen atoms in total. The molecule has 0 fully saturated rings. The monoisotopic (exact) mass is 338 g/mol. The number of nitrogens with zero attached hydrogens (tertiary/aromatic N) is 4. The molecule has 1 heterocycles. The Morgan fingerprint density at radius 2 is 1.96 bits per heavy atom. The number of fused-ring (bicyclic) bond motifs is 1. The number of methoxy groups -OCH3 is 1. The van der Waals surface area contributed by atoms with Crippen LogP contribution in [0.15, 0.2) is 33.2 Å². The molecule has 0 saturated heterocycles. The number of ether oxygens (including phenoxy) is 1. The quantitative estimate of drug-likeness (QED) is 0.478. The highest BCUT2D eigenvalue weighted by Crippen LogP contribution is 2.15. The van der Waals surface area contributed by atoms with Crippen LogP contribution in [0.1, 0.15) is 19.4 Å². The smallest absolute Gasteiger partial charge is 0.334 e. The molecule has 0 spiro atoms. The first-order valence-corrected chi connectivity index (χ1v) is 7.45. The molecule has 2 rings (SSSR count). The van der Waals surface area contributed by atoms with E-state index in [-0.39, 0.29) is 11.5 Å². The van der Waals surface area contributed by atoms with Gasteiger partial charge in [-0.15, -0.1) is 5.10 Å². The zero-order valence-corrected chi connectivity index (χ0v) is 14.1. The minimum Gasteiger partial charge on any atom is -0.383 e. The van der Waals surface area contributed by atoms with Crippen molar-refractivity contribution in [3.63, 3.8) is 0 Å². The Morgan fingerprint density at radius 3 is 2.58 bits per heavy atom. The minimum atomic E-state index is -2.68. The number of benzene rings is 1. The second-order valence-corrected chi connectivity index (χ2v) is 5.44. The first-order valence-electron chi connectivity index (χ1n) is 7.45. The van der Waals surface area contributed by atoms with Gasteiger partial charge in [0.05, 0.1) is 24.2 Å². The molecule has 0 saturated carbocycles. The molecule has 0 atom stereocenters. The summed E-state index contributed by atoms with van der Waals surface area (Å²) in [4.78, 5) is 12.7. The molecule has 0 aliphatic rings. The number of halogens is 2. The third-order valence-corrected chi connectivity index (χ3v) is 3.60. The molecule has 0 N–H and O–H groups in total. The van der Waals surface area contributed by atoms with Crippen LogP contribution in [-0.4, -0.2) is 40.8 Å². The van der Waals surface area contributed by atoms with Gasteiger partial charge in [-0.2, -0.15) is 5.10 Å². The third-order valence-electron chi connectivity index (χ3n) is 3.60. The maximum absolute atomic E-state index is 12.7. The van der Waals surface area contributed by atoms with Gasteiger partial charge in [-0.25, -0.2) is 18.1 Å². The molecule has 2 aromatic rings. The number of hydrogen-bond acceptors (Lipinski definition) is 4. The number of hydrogen-bond donors (Lipinski definition) is 0. The first-order chi connectivity index (χ1) is 11.4. The van der Waals surface area contributed by atoms with Crippen LogP contribution in [0.5, 0.6) is 0 Å². The fourth-order valence-electron chi connectivity index (χ4n) is 2.32. The van der Waals surface area contributed by atoms with Crippen molar-refractivity contribution >= 4 is 22.6 Å². The third kappa shape index (κ3) is 3.59. The van der Waals surface area contributed by atoms with Crippen molar-refractivity contribution in [2.24, 2.45) is 10.2 Å². The lowest BCUT2D eigenvalue weighted by molar-refractivity contribution is 0.187. The number of rotatable bonds is 5. The standard InChI is InChI=1S/C16H20F2N4O2/c1-10-5-6-13-14(9-10)22(16(23)21(13)7-8-24-4)12(3)20-19-11(2)15(17)18/h5-6,9,15H,7-8H2,1-4H3/b19-11+,20-12+. The zero-order chi connectivity index (χ0) is 17.9. The molecule has 0 aliphatic carbocycles. The van der Waals surface area contributed by atoms with Gasteiger partial charge >= 0.3 is 5.69 Å². The van der Waals surface area contributed by atoms with Crippen molar-refractivity contribution in [2.75, 3.05) is 13.7 Å². The summed E-state index contributed by atoms with van der Waals surface area (Å²) in [6.07, 6.45) is -2.68. The summed E-state index contributed by atoms with van der Waals surface area (Å²) in [5, 5.41) is 7.30. The number of aryl methyl sites for hydroxylation is 1. The first kappa shape index (κ1) is 18.0. The van der Waals surface area contributed by atoms with Crippen molar-refractivity contribution in [3.8, 4) is 0 Å². The molecular formula is C16H20F2N4O2. The van der Waals surface area contributed by atoms with E-state index in [0.717, 1.165) is 11.1 Å². The van der Waals surface area contributed by atoms with Gasteiger partial charge in [0, 0.05) is 7.11 Å². The highest BCUT2D eigenvalue weighted by atomic mass is 19.3. The van der Waals surface area contributed by atoms with Crippen LogP contribution in [0.25, 0.3) is 11.0 Å². The maximum Gasteiger partial charge on any atom is 0.334 e. The lowest BCUT2D eigenvalue weighted by Crippen LogP contribution is -2.29. The molecule has 0 unspecified atom stereocenters. The second kappa shape index (κ2) is 7.48. The van der Waals surface area contributed by atoms with E-state index in [1.54, 1.807) is 18.6 Å². The van der Waals surface area contributed by atoms with E-state index in [0.29, 0.717) is 18.7 Å². The second-order valence-electron chi connectivity index (χ2n) is 5.44. The summed E-state index contributed by atoms with van der Waals surface area (Å²) in [7, 11) is 1.56. The van der Waals surface area contributed by atoms with Crippen molar-refractivity contribution in [2.45, 2.75) is 33.7 Å². The summed E-state index contributed by atoms with van der Waals surface area (Å²) < 4.78 is 33.0. The van der Waals surface area contributed by atoms with Gasteiger partial charge in [0.25, 0.3) is 6.43 Å². The van der Waals surface area contributed by atoms with Crippen LogP contribution in [0, 0.1) is 6.92 Å². The van der Waals surface area contributed by atoms with Crippen molar-refractivity contribution in [3.05, 3.63) is 34.2 Å². The predicted octanol–water partition coefficient (Wildman–Crippen LogP) is 2.67. The molecule has 0 bridgehead atoms. The van der Waals surface area contributed by atoms with E-state index in [4.69, 9.17) is 4.74 Å². The van der Waals surface area contributed by atoms with Crippen molar-refractivity contribution < 1.29 is 13.5 Å². The van der Waals surface area contributed by atoms with Crippen LogP contribution in [-0.2, 0) is 11.3 Å². The topological polar surface area (TPSA) is 60.9 Å². The summed E-state index contributed by atoms with van der Waals surface area (Å²) in [5.74, 6) is 0.228. The Bertz CT molecular complexity index is 850. The summed E-state index contributed by atoms with van der Waals surface area (Å²) in [6, 6.07) is 5.60. The summed E-state index contributed by atoms with van der Waals surface area (Å²) >= 11 is 0. The number of alkyl halides is 2. The van der Waals surface area contributed by atoms with E-state index in [2.05, 4.69) is 10.2 Å². The van der Waals surface area contributed by atoms with Gasteiger partial charge in [-0.05, 0) is 38.5 Å². The molecule has 1 aromatic heterocycles. The maximum atomic E-state index is 12.7. The Hall–Kier alpha value is -2.35. The Balaban J connectivity index is 2.63. The fourth-order valence-corrected chi connectivity index (χ4v) is 2.32. The van der Waals surface area contributed by atoms with Crippen molar-refractivity contribution in [1.82, 2.24) is 9.13 Å². The van der Waals surface area contributed by atoms with Crippen LogP contribution < -0.4 is 5.69 Å². The SMILES string of the molecule is COCCn1c(=O)n(/C(C)=N/N=C(\C)C(F)F)c2cc(C)ccc21. The van der Waals surface area contributed by atoms with E-state index in [1.807, 2.05) is 25.1 Å². The molecule has 0 aliphatic heterocycles. The Labute approximate surface area is 138 Å². The van der Waals surface area contributed by atoms with Gasteiger partial charge in [-0.3, -0.25) is 4.57 Å². The van der Waals surface area contributed by atoms with Crippen LogP contribution in [0.3, 0.4) is 0 Å². The summed E-state index contributed by atoms with van der Waals surface area (Å²) in [5.41, 5.74) is 1.65. The van der Waals surface area contributed by atoms with Gasteiger partial charge in [0.15, 0.2) is 0 Å². The van der Waals surface area contributed by atoms with E-state index >= 15 is 0 Å². The Kier molecular flexibility index (Phi) is 5.61. The van der Waals surface area contributed by atoms with E-state index < -0.39 is 12.1 Å². The van der Waals surface area contributed by atoms with Crippen LogP contribution in [0.2, 0.25) is 0 Å². The largest absolute Gasteiger partial charge is 0.383 e. The average Bonchev–Trinajstić information content (AvgIpc) is 2.81. The number of aromatic nitrogens is 2. The van der Waals surface area contributed by atoms with E-state index in [1.165, 1.54) is 11.5 Å². The average molecular weight is 338 g/mol. The fraction of sp³-hybridized carbons (Fsp3) is 0.438. The lowest BCUT2D eigenvalue weighted by Gasteiger charge is -2.02. The highest BCUT2D eigenvalue weighted by Gasteiger charge is 2.15. The number of imidazole rings is 1. The van der Waals surface area contributed by atoms with E-state index in [9.17, 15) is 13.6 Å². The Morgan fingerprint density at radius 1 is 1.25 bits per heavy atom. The molecule has 8 heteroatoms. The van der Waals surface area contributed by atoms with Crippen LogP contribution >= 0.6 is 0 Å². The van der Waals surface area contributed by atoms with Gasteiger partial charge in [-0.1, -0.05) is 6.07 Å². The minimum absolute atomic E-state index is 0.228. The zero-order valence-electron chi connectivity index (χ0n) is 14.1. The van der Waals surface area contributed by atoms with Gasteiger partial charge in [0.1, 0.15) is 11.5 Å². The molecule has 130 valence electrons. The molecule has 0 radical (unpaired) electrons. The lowest BCUT2D eigenvalue weighted by atomic mass is 10.2. The highest BCUT2D eigenvalue weighted by molar-refractivity contribution is 5.93.